The van der Waals surface area contributed by atoms with Crippen molar-refractivity contribution in [2.75, 3.05) is 12.1 Å². The smallest absolute Gasteiger partial charge is 0.387 e. The Balaban J connectivity index is 2.31. The van der Waals surface area contributed by atoms with Crippen LogP contribution in [0.1, 0.15) is 18.1 Å². The molecule has 0 aliphatic heterocycles. The Morgan fingerprint density at radius 3 is 2.58 bits per heavy atom. The summed E-state index contributed by atoms with van der Waals surface area (Å²) < 4.78 is 35.6. The molecule has 2 aromatic rings. The summed E-state index contributed by atoms with van der Waals surface area (Å²) >= 11 is 0. The average molecular weight is 338 g/mol. The number of nitrogens with zero attached hydrogens (tertiary/aromatic N) is 1. The van der Waals surface area contributed by atoms with Crippen molar-refractivity contribution in [2.24, 2.45) is 5.84 Å². The molecule has 0 spiro atoms. The fourth-order valence-electron chi connectivity index (χ4n) is 2.37. The van der Waals surface area contributed by atoms with Gasteiger partial charge in [-0.3, -0.25) is 0 Å². The number of aryl methyl sites for hydroxylation is 1. The number of hydrazine groups is 1. The van der Waals surface area contributed by atoms with E-state index in [-0.39, 0.29) is 18.1 Å². The van der Waals surface area contributed by atoms with Crippen LogP contribution in [-0.2, 0) is 13.0 Å². The molecule has 0 fully saturated rings. The predicted molar refractivity (Wildman–Crippen MR) is 87.5 cm³/mol. The highest BCUT2D eigenvalue weighted by molar-refractivity contribution is 5.58. The Kier molecular flexibility index (Phi) is 5.81. The molecule has 0 saturated carbocycles. The lowest BCUT2D eigenvalue weighted by Crippen LogP contribution is -2.27. The Morgan fingerprint density at radius 2 is 1.96 bits per heavy atom. The van der Waals surface area contributed by atoms with Crippen molar-refractivity contribution in [3.05, 3.63) is 47.5 Å². The van der Waals surface area contributed by atoms with Gasteiger partial charge >= 0.3 is 6.61 Å². The van der Waals surface area contributed by atoms with Crippen LogP contribution >= 0.6 is 0 Å². The number of nitrogens with two attached hydrogens (primary N) is 1. The van der Waals surface area contributed by atoms with Gasteiger partial charge in [-0.25, -0.2) is 5.84 Å². The SMILES string of the molecule is CCc1cc(O)ccc1OCc1c(OC(F)F)cccc1N(C)N. The lowest BCUT2D eigenvalue weighted by Gasteiger charge is -2.21. The standard InChI is InChI=1S/C17H20F2N2O3/c1-3-11-9-12(22)7-8-15(11)23-10-13-14(21(2)20)5-4-6-16(13)24-17(18)19/h4-9,17,22H,3,10,20H2,1-2H3. The van der Waals surface area contributed by atoms with E-state index in [1.54, 1.807) is 31.3 Å². The molecule has 0 heterocycles. The van der Waals surface area contributed by atoms with E-state index in [1.807, 2.05) is 6.92 Å². The van der Waals surface area contributed by atoms with Crippen molar-refractivity contribution < 1.29 is 23.4 Å². The third kappa shape index (κ3) is 4.26. The number of anilines is 1. The molecule has 0 saturated heterocycles. The van der Waals surface area contributed by atoms with E-state index < -0.39 is 6.61 Å². The molecule has 0 aliphatic carbocycles. The number of phenolic OH excluding ortho intramolecular Hbond substituents is 1. The zero-order valence-electron chi connectivity index (χ0n) is 13.5. The Bertz CT molecular complexity index is 694. The Morgan fingerprint density at radius 1 is 1.21 bits per heavy atom. The van der Waals surface area contributed by atoms with E-state index in [1.165, 1.54) is 17.1 Å². The van der Waals surface area contributed by atoms with Gasteiger partial charge in [0.15, 0.2) is 0 Å². The van der Waals surface area contributed by atoms with Gasteiger partial charge in [-0.05, 0) is 42.3 Å². The number of ether oxygens (including phenoxy) is 2. The molecule has 3 N–H and O–H groups in total. The quantitative estimate of drug-likeness (QED) is 0.598. The van der Waals surface area contributed by atoms with Crippen LogP contribution in [0.3, 0.4) is 0 Å². The van der Waals surface area contributed by atoms with Gasteiger partial charge in [0, 0.05) is 7.05 Å². The molecule has 2 rings (SSSR count). The molecule has 24 heavy (non-hydrogen) atoms. The molecule has 0 amide bonds. The first-order chi connectivity index (χ1) is 11.4. The number of hydrogen-bond donors (Lipinski definition) is 2. The minimum absolute atomic E-state index is 0.00244. The molecule has 130 valence electrons. The van der Waals surface area contributed by atoms with Crippen LogP contribution in [0.25, 0.3) is 0 Å². The summed E-state index contributed by atoms with van der Waals surface area (Å²) in [6, 6.07) is 9.46. The van der Waals surface area contributed by atoms with Crippen LogP contribution < -0.4 is 20.3 Å². The van der Waals surface area contributed by atoms with Crippen molar-refractivity contribution in [3.8, 4) is 17.2 Å². The minimum Gasteiger partial charge on any atom is -0.508 e. The first kappa shape index (κ1) is 17.8. The predicted octanol–water partition coefficient (Wildman–Crippen LogP) is 3.44. The molecule has 0 radical (unpaired) electrons. The van der Waals surface area contributed by atoms with Crippen LogP contribution in [0.5, 0.6) is 17.2 Å². The van der Waals surface area contributed by atoms with Gasteiger partial charge in [-0.15, -0.1) is 0 Å². The largest absolute Gasteiger partial charge is 0.508 e. The van der Waals surface area contributed by atoms with Gasteiger partial charge in [0.2, 0.25) is 0 Å². The molecule has 5 nitrogen and oxygen atoms in total. The Labute approximate surface area is 139 Å². The van der Waals surface area contributed by atoms with Gasteiger partial charge in [0.05, 0.1) is 11.3 Å². The molecule has 0 bridgehead atoms. The molecule has 0 aromatic heterocycles. The highest BCUT2D eigenvalue weighted by atomic mass is 19.3. The zero-order valence-corrected chi connectivity index (χ0v) is 13.5. The van der Waals surface area contributed by atoms with E-state index in [2.05, 4.69) is 4.74 Å². The molecular formula is C17H20F2N2O3. The summed E-state index contributed by atoms with van der Waals surface area (Å²) in [6.07, 6.45) is 0.655. The number of aromatic hydroxyl groups is 1. The highest BCUT2D eigenvalue weighted by Crippen LogP contribution is 2.32. The monoisotopic (exact) mass is 338 g/mol. The van der Waals surface area contributed by atoms with E-state index in [4.69, 9.17) is 10.6 Å². The van der Waals surface area contributed by atoms with E-state index in [9.17, 15) is 13.9 Å². The molecular weight excluding hydrogens is 318 g/mol. The number of hydrogen-bond acceptors (Lipinski definition) is 5. The highest BCUT2D eigenvalue weighted by Gasteiger charge is 2.16. The maximum absolute atomic E-state index is 12.6. The van der Waals surface area contributed by atoms with Crippen LogP contribution in [0.4, 0.5) is 14.5 Å². The summed E-state index contributed by atoms with van der Waals surface area (Å²) in [7, 11) is 1.60. The lowest BCUT2D eigenvalue weighted by molar-refractivity contribution is -0.0508. The van der Waals surface area contributed by atoms with Gasteiger partial charge in [0.1, 0.15) is 23.9 Å². The van der Waals surface area contributed by atoms with Crippen molar-refractivity contribution in [1.82, 2.24) is 0 Å². The summed E-state index contributed by atoms with van der Waals surface area (Å²) in [6.45, 7) is -1.02. The summed E-state index contributed by atoms with van der Waals surface area (Å²) in [5.74, 6) is 6.48. The number of halogens is 2. The van der Waals surface area contributed by atoms with Gasteiger partial charge < -0.3 is 19.6 Å². The fourth-order valence-corrected chi connectivity index (χ4v) is 2.37. The number of alkyl halides is 2. The van der Waals surface area contributed by atoms with E-state index in [0.29, 0.717) is 23.4 Å². The van der Waals surface area contributed by atoms with Crippen molar-refractivity contribution >= 4 is 5.69 Å². The van der Waals surface area contributed by atoms with E-state index >= 15 is 0 Å². The van der Waals surface area contributed by atoms with Gasteiger partial charge in [-0.2, -0.15) is 8.78 Å². The van der Waals surface area contributed by atoms with E-state index in [0.717, 1.165) is 5.56 Å². The van der Waals surface area contributed by atoms with Crippen LogP contribution in [0.15, 0.2) is 36.4 Å². The second-order valence-corrected chi connectivity index (χ2v) is 5.18. The maximum Gasteiger partial charge on any atom is 0.387 e. The number of phenols is 1. The van der Waals surface area contributed by atoms with Crippen molar-refractivity contribution in [3.63, 3.8) is 0 Å². The average Bonchev–Trinajstić information content (AvgIpc) is 2.53. The topological polar surface area (TPSA) is 68.0 Å². The van der Waals surface area contributed by atoms with Crippen molar-refractivity contribution in [2.45, 2.75) is 26.6 Å². The maximum atomic E-state index is 12.6. The normalized spacial score (nSPS) is 10.8. The summed E-state index contributed by atoms with van der Waals surface area (Å²) in [5, 5.41) is 10.8. The second kappa shape index (κ2) is 7.83. The number of rotatable bonds is 7. The summed E-state index contributed by atoms with van der Waals surface area (Å²) in [5.41, 5.74) is 1.74. The summed E-state index contributed by atoms with van der Waals surface area (Å²) in [4.78, 5) is 0. The lowest BCUT2D eigenvalue weighted by atomic mass is 10.1. The second-order valence-electron chi connectivity index (χ2n) is 5.18. The van der Waals surface area contributed by atoms with Gasteiger partial charge in [0.25, 0.3) is 0 Å². The molecule has 0 unspecified atom stereocenters. The zero-order chi connectivity index (χ0) is 17.7. The first-order valence-corrected chi connectivity index (χ1v) is 7.42. The van der Waals surface area contributed by atoms with Crippen LogP contribution in [0, 0.1) is 0 Å². The third-order valence-electron chi connectivity index (χ3n) is 3.50. The number of benzene rings is 2. The fraction of sp³-hybridized carbons (Fsp3) is 0.294. The molecule has 2 aromatic carbocycles. The Hall–Kier alpha value is -2.54. The van der Waals surface area contributed by atoms with Crippen molar-refractivity contribution in [1.29, 1.82) is 0 Å². The van der Waals surface area contributed by atoms with Crippen LogP contribution in [-0.4, -0.2) is 18.8 Å². The first-order valence-electron chi connectivity index (χ1n) is 7.42. The molecule has 0 aliphatic rings. The van der Waals surface area contributed by atoms with Crippen LogP contribution in [0.2, 0.25) is 0 Å². The molecule has 0 atom stereocenters. The minimum atomic E-state index is -2.94. The third-order valence-corrected chi connectivity index (χ3v) is 3.50. The van der Waals surface area contributed by atoms with Gasteiger partial charge in [-0.1, -0.05) is 13.0 Å². The molecule has 7 heteroatoms.